The zero-order chi connectivity index (χ0) is 17.8. The average Bonchev–Trinajstić information content (AvgIpc) is 2.61. The summed E-state index contributed by atoms with van der Waals surface area (Å²) in [7, 11) is 0. The Bertz CT molecular complexity index is 708. The van der Waals surface area contributed by atoms with E-state index < -0.39 is 0 Å². The van der Waals surface area contributed by atoms with Crippen LogP contribution >= 0.6 is 0 Å². The van der Waals surface area contributed by atoms with Crippen molar-refractivity contribution in [1.82, 2.24) is 9.97 Å². The number of hydrogen-bond acceptors (Lipinski definition) is 5. The van der Waals surface area contributed by atoms with Gasteiger partial charge < -0.3 is 15.3 Å². The van der Waals surface area contributed by atoms with Crippen LogP contribution in [0.5, 0.6) is 0 Å². The number of aryl methyl sites for hydroxylation is 3. The first kappa shape index (κ1) is 17.7. The van der Waals surface area contributed by atoms with E-state index in [-0.39, 0.29) is 12.6 Å². The molecule has 2 N–H and O–H groups in total. The minimum atomic E-state index is 0.165. The molecule has 0 radical (unpaired) electrons. The molecule has 25 heavy (non-hydrogen) atoms. The first-order valence-electron chi connectivity index (χ1n) is 9.08. The Hall–Kier alpha value is -2.14. The van der Waals surface area contributed by atoms with E-state index in [2.05, 4.69) is 53.1 Å². The van der Waals surface area contributed by atoms with Gasteiger partial charge in [0.15, 0.2) is 0 Å². The number of anilines is 2. The van der Waals surface area contributed by atoms with E-state index in [9.17, 15) is 5.11 Å². The molecule has 2 aromatic rings. The van der Waals surface area contributed by atoms with Gasteiger partial charge in [0.2, 0.25) is 0 Å². The van der Waals surface area contributed by atoms with Gasteiger partial charge >= 0.3 is 0 Å². The standard InChI is InChI=1S/C20H28N4O/c1-14-8-15(2)18(16(3)9-14)11-21-19-10-20(23-13-22-19)24-7-5-4-6-17(24)12-25/h8-10,13,17,25H,4-7,11-12H2,1-3H3,(H,21,22,23). The Balaban J connectivity index is 1.74. The summed E-state index contributed by atoms with van der Waals surface area (Å²) < 4.78 is 0. The summed E-state index contributed by atoms with van der Waals surface area (Å²) in [5.41, 5.74) is 5.21. The third kappa shape index (κ3) is 4.10. The molecule has 3 rings (SSSR count). The highest BCUT2D eigenvalue weighted by Crippen LogP contribution is 2.24. The van der Waals surface area contributed by atoms with Gasteiger partial charge in [0, 0.05) is 19.2 Å². The van der Waals surface area contributed by atoms with Crippen LogP contribution in [0, 0.1) is 20.8 Å². The summed E-state index contributed by atoms with van der Waals surface area (Å²) >= 11 is 0. The molecular formula is C20H28N4O. The Morgan fingerprint density at radius 1 is 1.12 bits per heavy atom. The molecule has 1 unspecified atom stereocenters. The molecule has 1 saturated heterocycles. The Morgan fingerprint density at radius 2 is 1.88 bits per heavy atom. The number of rotatable bonds is 5. The van der Waals surface area contributed by atoms with Gasteiger partial charge in [-0.1, -0.05) is 17.7 Å². The van der Waals surface area contributed by atoms with Crippen molar-refractivity contribution >= 4 is 11.6 Å². The Morgan fingerprint density at radius 3 is 2.60 bits per heavy atom. The molecule has 0 spiro atoms. The third-order valence-corrected chi connectivity index (χ3v) is 5.07. The summed E-state index contributed by atoms with van der Waals surface area (Å²) in [5, 5.41) is 13.1. The predicted octanol–water partition coefficient (Wildman–Crippen LogP) is 3.37. The highest BCUT2D eigenvalue weighted by Gasteiger charge is 2.23. The maximum atomic E-state index is 9.63. The summed E-state index contributed by atoms with van der Waals surface area (Å²) in [6.45, 7) is 8.30. The van der Waals surface area contributed by atoms with Crippen molar-refractivity contribution in [2.45, 2.75) is 52.6 Å². The molecule has 1 aliphatic rings. The Labute approximate surface area is 150 Å². The second-order valence-corrected chi connectivity index (χ2v) is 7.02. The molecule has 5 nitrogen and oxygen atoms in total. The number of aliphatic hydroxyl groups excluding tert-OH is 1. The number of aromatic nitrogens is 2. The van der Waals surface area contributed by atoms with Gasteiger partial charge in [-0.2, -0.15) is 0 Å². The molecule has 5 heteroatoms. The van der Waals surface area contributed by atoms with Crippen LogP contribution in [-0.4, -0.2) is 34.3 Å². The smallest absolute Gasteiger partial charge is 0.134 e. The molecule has 1 atom stereocenters. The fraction of sp³-hybridized carbons (Fsp3) is 0.500. The van der Waals surface area contributed by atoms with Crippen molar-refractivity contribution in [2.75, 3.05) is 23.4 Å². The van der Waals surface area contributed by atoms with Crippen LogP contribution < -0.4 is 10.2 Å². The molecule has 1 aromatic carbocycles. The monoisotopic (exact) mass is 340 g/mol. The van der Waals surface area contributed by atoms with Crippen molar-refractivity contribution in [1.29, 1.82) is 0 Å². The largest absolute Gasteiger partial charge is 0.394 e. The lowest BCUT2D eigenvalue weighted by atomic mass is 10.00. The van der Waals surface area contributed by atoms with Crippen LogP contribution in [-0.2, 0) is 6.54 Å². The fourth-order valence-electron chi connectivity index (χ4n) is 3.76. The number of hydrogen-bond donors (Lipinski definition) is 2. The van der Waals surface area contributed by atoms with Crippen LogP contribution in [0.15, 0.2) is 24.5 Å². The minimum Gasteiger partial charge on any atom is -0.394 e. The fourth-order valence-corrected chi connectivity index (χ4v) is 3.76. The van der Waals surface area contributed by atoms with Crippen molar-refractivity contribution in [3.8, 4) is 0 Å². The zero-order valence-electron chi connectivity index (χ0n) is 15.4. The quantitative estimate of drug-likeness (QED) is 0.874. The van der Waals surface area contributed by atoms with Crippen LogP contribution in [0.4, 0.5) is 11.6 Å². The lowest BCUT2D eigenvalue weighted by Crippen LogP contribution is -2.42. The number of piperidine rings is 1. The van der Waals surface area contributed by atoms with Gasteiger partial charge in [-0.25, -0.2) is 9.97 Å². The third-order valence-electron chi connectivity index (χ3n) is 5.07. The highest BCUT2D eigenvalue weighted by atomic mass is 16.3. The van der Waals surface area contributed by atoms with Crippen LogP contribution in [0.2, 0.25) is 0 Å². The zero-order valence-corrected chi connectivity index (χ0v) is 15.4. The van der Waals surface area contributed by atoms with Crippen LogP contribution in [0.25, 0.3) is 0 Å². The van der Waals surface area contributed by atoms with Crippen molar-refractivity contribution in [3.05, 3.63) is 46.8 Å². The number of nitrogens with zero attached hydrogens (tertiary/aromatic N) is 3. The Kier molecular flexibility index (Phi) is 5.53. The van der Waals surface area contributed by atoms with Crippen LogP contribution in [0.3, 0.4) is 0 Å². The SMILES string of the molecule is Cc1cc(C)c(CNc2cc(N3CCCCC3CO)ncn2)c(C)c1. The second-order valence-electron chi connectivity index (χ2n) is 7.02. The molecule has 0 bridgehead atoms. The molecule has 2 heterocycles. The number of benzene rings is 1. The number of nitrogens with one attached hydrogen (secondary N) is 1. The summed E-state index contributed by atoms with van der Waals surface area (Å²) in [6.07, 6.45) is 4.94. The van der Waals surface area contributed by atoms with Crippen molar-refractivity contribution in [2.24, 2.45) is 0 Å². The van der Waals surface area contributed by atoms with E-state index in [1.165, 1.54) is 28.7 Å². The average molecular weight is 340 g/mol. The van der Waals surface area contributed by atoms with Crippen molar-refractivity contribution < 1.29 is 5.11 Å². The number of aliphatic hydroxyl groups is 1. The lowest BCUT2D eigenvalue weighted by molar-refractivity contribution is 0.239. The van der Waals surface area contributed by atoms with Crippen LogP contribution in [0.1, 0.15) is 41.5 Å². The van der Waals surface area contributed by atoms with Gasteiger partial charge in [-0.05, 0) is 56.7 Å². The maximum absolute atomic E-state index is 9.63. The minimum absolute atomic E-state index is 0.165. The maximum Gasteiger partial charge on any atom is 0.134 e. The summed E-state index contributed by atoms with van der Waals surface area (Å²) in [6, 6.07) is 6.59. The van der Waals surface area contributed by atoms with E-state index in [1.54, 1.807) is 6.33 Å². The van der Waals surface area contributed by atoms with E-state index in [0.29, 0.717) is 0 Å². The predicted molar refractivity (Wildman–Crippen MR) is 102 cm³/mol. The van der Waals surface area contributed by atoms with Gasteiger partial charge in [0.25, 0.3) is 0 Å². The second kappa shape index (κ2) is 7.83. The molecule has 0 amide bonds. The van der Waals surface area contributed by atoms with Gasteiger partial charge in [0.1, 0.15) is 18.0 Å². The molecule has 1 aliphatic heterocycles. The summed E-state index contributed by atoms with van der Waals surface area (Å²) in [4.78, 5) is 11.0. The molecule has 0 saturated carbocycles. The van der Waals surface area contributed by atoms with E-state index in [4.69, 9.17) is 0 Å². The molecular weight excluding hydrogens is 312 g/mol. The molecule has 1 fully saturated rings. The summed E-state index contributed by atoms with van der Waals surface area (Å²) in [5.74, 6) is 1.72. The molecule has 0 aliphatic carbocycles. The van der Waals surface area contributed by atoms with Crippen molar-refractivity contribution in [3.63, 3.8) is 0 Å². The van der Waals surface area contributed by atoms with Gasteiger partial charge in [0.05, 0.1) is 12.6 Å². The van der Waals surface area contributed by atoms with Gasteiger partial charge in [-0.3, -0.25) is 0 Å². The van der Waals surface area contributed by atoms with E-state index in [0.717, 1.165) is 37.6 Å². The highest BCUT2D eigenvalue weighted by molar-refractivity contribution is 5.50. The lowest BCUT2D eigenvalue weighted by Gasteiger charge is -2.35. The van der Waals surface area contributed by atoms with E-state index in [1.807, 2.05) is 6.07 Å². The molecule has 134 valence electrons. The first-order chi connectivity index (χ1) is 12.1. The normalized spacial score (nSPS) is 17.6. The molecule has 1 aromatic heterocycles. The topological polar surface area (TPSA) is 61.3 Å². The van der Waals surface area contributed by atoms with Gasteiger partial charge in [-0.15, -0.1) is 0 Å². The van der Waals surface area contributed by atoms with E-state index >= 15 is 0 Å². The first-order valence-corrected chi connectivity index (χ1v) is 9.08.